The lowest BCUT2D eigenvalue weighted by Crippen LogP contribution is -2.19. The molecule has 112 valence electrons. The normalized spacial score (nSPS) is 12.2. The summed E-state index contributed by atoms with van der Waals surface area (Å²) in [7, 11) is 1.65. The molecule has 3 heteroatoms. The number of rotatable bonds is 6. The van der Waals surface area contributed by atoms with Crippen LogP contribution in [0.2, 0.25) is 0 Å². The van der Waals surface area contributed by atoms with Gasteiger partial charge in [-0.1, -0.05) is 38.1 Å². The molecule has 1 atom stereocenters. The van der Waals surface area contributed by atoms with Crippen molar-refractivity contribution in [2.45, 2.75) is 25.8 Å². The third kappa shape index (κ3) is 4.23. The van der Waals surface area contributed by atoms with Crippen molar-refractivity contribution >= 4 is 0 Å². The fraction of sp³-hybridized carbons (Fsp3) is 0.333. The second-order valence-electron chi connectivity index (χ2n) is 5.42. The Kier molecular flexibility index (Phi) is 5.23. The average Bonchev–Trinajstić information content (AvgIpc) is 2.53. The van der Waals surface area contributed by atoms with E-state index in [0.29, 0.717) is 12.5 Å². The van der Waals surface area contributed by atoms with Gasteiger partial charge in [-0.3, -0.25) is 0 Å². The first-order valence-electron chi connectivity index (χ1n) is 7.22. The third-order valence-corrected chi connectivity index (χ3v) is 3.50. The maximum absolute atomic E-state index is 6.16. The first kappa shape index (κ1) is 15.4. The van der Waals surface area contributed by atoms with Crippen LogP contribution < -0.4 is 15.2 Å². The molecule has 1 unspecified atom stereocenters. The Morgan fingerprint density at radius 2 is 1.67 bits per heavy atom. The number of ether oxygens (including phenoxy) is 2. The van der Waals surface area contributed by atoms with E-state index < -0.39 is 0 Å². The highest BCUT2D eigenvalue weighted by Crippen LogP contribution is 2.21. The SMILES string of the molecule is COc1cccc(C(N)COc2ccc(C(C)C)cc2)c1. The van der Waals surface area contributed by atoms with Gasteiger partial charge in [-0.05, 0) is 41.3 Å². The van der Waals surface area contributed by atoms with Gasteiger partial charge in [0, 0.05) is 0 Å². The van der Waals surface area contributed by atoms with Crippen molar-refractivity contribution in [2.24, 2.45) is 5.73 Å². The first-order chi connectivity index (χ1) is 10.1. The van der Waals surface area contributed by atoms with Crippen LogP contribution in [-0.2, 0) is 0 Å². The Morgan fingerprint density at radius 3 is 2.29 bits per heavy atom. The maximum atomic E-state index is 6.16. The smallest absolute Gasteiger partial charge is 0.119 e. The lowest BCUT2D eigenvalue weighted by atomic mass is 10.0. The molecule has 2 rings (SSSR count). The highest BCUT2D eigenvalue weighted by Gasteiger charge is 2.08. The maximum Gasteiger partial charge on any atom is 0.119 e. The van der Waals surface area contributed by atoms with Crippen LogP contribution in [0.15, 0.2) is 48.5 Å². The minimum atomic E-state index is -0.176. The Bertz CT molecular complexity index is 564. The molecule has 0 aliphatic heterocycles. The zero-order chi connectivity index (χ0) is 15.2. The van der Waals surface area contributed by atoms with Crippen LogP contribution in [0, 0.1) is 0 Å². The topological polar surface area (TPSA) is 44.5 Å². The second kappa shape index (κ2) is 7.14. The molecule has 2 aromatic carbocycles. The summed E-state index contributed by atoms with van der Waals surface area (Å²) in [5, 5.41) is 0. The molecule has 0 heterocycles. The monoisotopic (exact) mass is 285 g/mol. The molecule has 0 aliphatic carbocycles. The van der Waals surface area contributed by atoms with Gasteiger partial charge >= 0.3 is 0 Å². The van der Waals surface area contributed by atoms with Crippen molar-refractivity contribution in [3.05, 3.63) is 59.7 Å². The standard InChI is InChI=1S/C18H23NO2/c1-13(2)14-7-9-16(10-8-14)21-12-18(19)15-5-4-6-17(11-15)20-3/h4-11,13,18H,12,19H2,1-3H3. The number of methoxy groups -OCH3 is 1. The lowest BCUT2D eigenvalue weighted by molar-refractivity contribution is 0.290. The Labute approximate surface area is 126 Å². The van der Waals surface area contributed by atoms with E-state index in [1.165, 1.54) is 5.56 Å². The Balaban J connectivity index is 1.95. The summed E-state index contributed by atoms with van der Waals surface area (Å²) in [4.78, 5) is 0. The van der Waals surface area contributed by atoms with Gasteiger partial charge in [0.1, 0.15) is 18.1 Å². The quantitative estimate of drug-likeness (QED) is 0.875. The molecule has 2 N–H and O–H groups in total. The largest absolute Gasteiger partial charge is 0.497 e. The summed E-state index contributed by atoms with van der Waals surface area (Å²) in [5.41, 5.74) is 8.48. The summed E-state index contributed by atoms with van der Waals surface area (Å²) in [5.74, 6) is 2.18. The van der Waals surface area contributed by atoms with Crippen molar-refractivity contribution < 1.29 is 9.47 Å². The Morgan fingerprint density at radius 1 is 0.952 bits per heavy atom. The molecule has 0 amide bonds. The molecule has 0 saturated carbocycles. The van der Waals surface area contributed by atoms with Gasteiger partial charge in [0.25, 0.3) is 0 Å². The lowest BCUT2D eigenvalue weighted by Gasteiger charge is -2.15. The Hall–Kier alpha value is -2.00. The van der Waals surface area contributed by atoms with E-state index in [2.05, 4.69) is 26.0 Å². The third-order valence-electron chi connectivity index (χ3n) is 3.50. The van der Waals surface area contributed by atoms with Gasteiger partial charge in [-0.25, -0.2) is 0 Å². The van der Waals surface area contributed by atoms with Crippen LogP contribution in [0.5, 0.6) is 11.5 Å². The molecule has 0 saturated heterocycles. The van der Waals surface area contributed by atoms with Gasteiger partial charge in [0.15, 0.2) is 0 Å². The van der Waals surface area contributed by atoms with Gasteiger partial charge in [-0.2, -0.15) is 0 Å². The van der Waals surface area contributed by atoms with Crippen molar-refractivity contribution in [3.8, 4) is 11.5 Å². The van der Waals surface area contributed by atoms with Crippen LogP contribution >= 0.6 is 0 Å². The fourth-order valence-corrected chi connectivity index (χ4v) is 2.10. The van der Waals surface area contributed by atoms with Crippen LogP contribution in [0.25, 0.3) is 0 Å². The molecular weight excluding hydrogens is 262 g/mol. The van der Waals surface area contributed by atoms with Gasteiger partial charge in [0.2, 0.25) is 0 Å². The predicted octanol–water partition coefficient (Wildman–Crippen LogP) is 3.90. The van der Waals surface area contributed by atoms with Gasteiger partial charge in [-0.15, -0.1) is 0 Å². The van der Waals surface area contributed by atoms with E-state index in [4.69, 9.17) is 15.2 Å². The second-order valence-corrected chi connectivity index (χ2v) is 5.42. The summed E-state index contributed by atoms with van der Waals surface area (Å²) in [6.45, 7) is 4.79. The number of hydrogen-bond donors (Lipinski definition) is 1. The van der Waals surface area contributed by atoms with Crippen LogP contribution in [-0.4, -0.2) is 13.7 Å². The number of hydrogen-bond acceptors (Lipinski definition) is 3. The van der Waals surface area contributed by atoms with Crippen LogP contribution in [0.3, 0.4) is 0 Å². The zero-order valence-corrected chi connectivity index (χ0v) is 12.9. The summed E-state index contributed by atoms with van der Waals surface area (Å²) in [6.07, 6.45) is 0. The molecule has 0 aromatic heterocycles. The molecular formula is C18H23NO2. The van der Waals surface area contributed by atoms with Crippen molar-refractivity contribution in [3.63, 3.8) is 0 Å². The van der Waals surface area contributed by atoms with Crippen molar-refractivity contribution in [1.29, 1.82) is 0 Å². The van der Waals surface area contributed by atoms with Gasteiger partial charge < -0.3 is 15.2 Å². The molecule has 0 aliphatic rings. The van der Waals surface area contributed by atoms with E-state index >= 15 is 0 Å². The highest BCUT2D eigenvalue weighted by molar-refractivity contribution is 5.31. The van der Waals surface area contributed by atoms with E-state index in [1.807, 2.05) is 36.4 Å². The molecule has 0 fully saturated rings. The van der Waals surface area contributed by atoms with Crippen molar-refractivity contribution in [2.75, 3.05) is 13.7 Å². The van der Waals surface area contributed by atoms with Crippen LogP contribution in [0.4, 0.5) is 0 Å². The molecule has 21 heavy (non-hydrogen) atoms. The first-order valence-corrected chi connectivity index (χ1v) is 7.22. The highest BCUT2D eigenvalue weighted by atomic mass is 16.5. The van der Waals surface area contributed by atoms with Crippen molar-refractivity contribution in [1.82, 2.24) is 0 Å². The van der Waals surface area contributed by atoms with E-state index in [1.54, 1.807) is 7.11 Å². The number of benzene rings is 2. The predicted molar refractivity (Wildman–Crippen MR) is 85.9 cm³/mol. The van der Waals surface area contributed by atoms with E-state index in [-0.39, 0.29) is 6.04 Å². The molecule has 0 spiro atoms. The molecule has 0 bridgehead atoms. The van der Waals surface area contributed by atoms with E-state index in [9.17, 15) is 0 Å². The molecule has 0 radical (unpaired) electrons. The van der Waals surface area contributed by atoms with Gasteiger partial charge in [0.05, 0.1) is 13.2 Å². The summed E-state index contributed by atoms with van der Waals surface area (Å²) < 4.78 is 11.0. The van der Waals surface area contributed by atoms with Crippen LogP contribution in [0.1, 0.15) is 36.9 Å². The van der Waals surface area contributed by atoms with E-state index in [0.717, 1.165) is 17.1 Å². The fourth-order valence-electron chi connectivity index (χ4n) is 2.10. The zero-order valence-electron chi connectivity index (χ0n) is 12.9. The number of nitrogens with two attached hydrogens (primary N) is 1. The molecule has 2 aromatic rings. The molecule has 3 nitrogen and oxygen atoms in total. The minimum absolute atomic E-state index is 0.176. The summed E-state index contributed by atoms with van der Waals surface area (Å²) in [6, 6.07) is 15.8. The average molecular weight is 285 g/mol. The summed E-state index contributed by atoms with van der Waals surface area (Å²) >= 11 is 0. The minimum Gasteiger partial charge on any atom is -0.497 e.